The number of aliphatic hydroxyl groups is 1. The number of ether oxygens (including phenoxy) is 1. The smallest absolute Gasteiger partial charge is 0.340 e. The lowest BCUT2D eigenvalue weighted by molar-refractivity contribution is -0.115. The fraction of sp³-hybridized carbons (Fsp3) is 0.200. The summed E-state index contributed by atoms with van der Waals surface area (Å²) in [4.78, 5) is 35.7. The molecule has 1 aromatic carbocycles. The van der Waals surface area contributed by atoms with Crippen LogP contribution in [0.3, 0.4) is 0 Å². The number of benzene rings is 1. The summed E-state index contributed by atoms with van der Waals surface area (Å²) in [6.07, 6.45) is 3.09. The molecule has 0 saturated heterocycles. The fourth-order valence-corrected chi connectivity index (χ4v) is 2.78. The van der Waals surface area contributed by atoms with Gasteiger partial charge >= 0.3 is 5.97 Å². The number of carbonyl (C=O) groups is 2. The van der Waals surface area contributed by atoms with Gasteiger partial charge in [0.1, 0.15) is 12.0 Å². The fourth-order valence-electron chi connectivity index (χ4n) is 2.78. The van der Waals surface area contributed by atoms with Crippen LogP contribution in [0.2, 0.25) is 0 Å². The molecule has 0 bridgehead atoms. The Labute approximate surface area is 155 Å². The molecule has 7 heteroatoms. The minimum atomic E-state index is -0.453. The Balaban J connectivity index is 2.04. The lowest BCUT2D eigenvalue weighted by Crippen LogP contribution is -2.08. The van der Waals surface area contributed by atoms with Gasteiger partial charge in [0.2, 0.25) is 0 Å². The molecule has 0 aliphatic carbocycles. The van der Waals surface area contributed by atoms with Crippen LogP contribution in [0.25, 0.3) is 22.3 Å². The van der Waals surface area contributed by atoms with Gasteiger partial charge in [-0.3, -0.25) is 4.79 Å². The molecule has 0 fully saturated rings. The molecule has 27 heavy (non-hydrogen) atoms. The molecule has 0 spiro atoms. The Hall–Kier alpha value is -3.32. The normalized spacial score (nSPS) is 10.7. The summed E-state index contributed by atoms with van der Waals surface area (Å²) < 4.78 is 5.11. The van der Waals surface area contributed by atoms with Gasteiger partial charge in [0.05, 0.1) is 29.9 Å². The van der Waals surface area contributed by atoms with Crippen molar-refractivity contribution in [2.75, 3.05) is 13.2 Å². The maximum absolute atomic E-state index is 12.2. The topological polar surface area (TPSA) is 105 Å². The molecule has 3 aromatic rings. The van der Waals surface area contributed by atoms with Crippen LogP contribution < -0.4 is 0 Å². The molecule has 138 valence electrons. The second kappa shape index (κ2) is 7.92. The number of nitrogens with one attached hydrogen (secondary N) is 1. The number of Topliss-reactive ketones (excluding diaryl/α,β-unsaturated/α-hetero) is 1. The molecule has 7 nitrogen and oxygen atoms in total. The first-order chi connectivity index (χ1) is 13.0. The van der Waals surface area contributed by atoms with E-state index in [0.29, 0.717) is 22.3 Å². The molecule has 2 heterocycles. The van der Waals surface area contributed by atoms with Gasteiger partial charge in [0.15, 0.2) is 5.78 Å². The minimum Gasteiger partial charge on any atom is -0.462 e. The third-order valence-corrected chi connectivity index (χ3v) is 4.12. The van der Waals surface area contributed by atoms with Crippen molar-refractivity contribution in [3.63, 3.8) is 0 Å². The van der Waals surface area contributed by atoms with E-state index in [2.05, 4.69) is 21.5 Å². The van der Waals surface area contributed by atoms with Gasteiger partial charge in [-0.15, -0.1) is 0 Å². The summed E-state index contributed by atoms with van der Waals surface area (Å²) in [7, 11) is 0. The molecule has 0 unspecified atom stereocenters. The quantitative estimate of drug-likeness (QED) is 0.492. The zero-order valence-corrected chi connectivity index (χ0v) is 14.9. The summed E-state index contributed by atoms with van der Waals surface area (Å²) in [5, 5.41) is 9.62. The number of carbonyl (C=O) groups excluding carboxylic acids is 2. The van der Waals surface area contributed by atoms with Gasteiger partial charge < -0.3 is 14.8 Å². The maximum atomic E-state index is 12.2. The lowest BCUT2D eigenvalue weighted by atomic mass is 9.99. The van der Waals surface area contributed by atoms with Crippen molar-refractivity contribution < 1.29 is 19.4 Å². The largest absolute Gasteiger partial charge is 0.462 e. The predicted octanol–water partition coefficient (Wildman–Crippen LogP) is 2.46. The van der Waals surface area contributed by atoms with E-state index in [4.69, 9.17) is 9.84 Å². The van der Waals surface area contributed by atoms with Crippen molar-refractivity contribution in [3.05, 3.63) is 60.1 Å². The number of H-pyrrole nitrogens is 1. The first-order valence-corrected chi connectivity index (χ1v) is 8.45. The molecule has 2 aromatic heterocycles. The summed E-state index contributed by atoms with van der Waals surface area (Å²) >= 11 is 0. The first kappa shape index (κ1) is 18.5. The third-order valence-electron chi connectivity index (χ3n) is 4.12. The monoisotopic (exact) mass is 365 g/mol. The number of ketones is 1. The van der Waals surface area contributed by atoms with Crippen LogP contribution in [0.1, 0.15) is 22.8 Å². The molecule has 0 amide bonds. The first-order valence-electron chi connectivity index (χ1n) is 8.45. The number of nitrogens with zero attached hydrogens (tertiary/aromatic N) is 2. The molecule has 3 rings (SSSR count). The Bertz CT molecular complexity index is 1020. The standard InChI is InChI=1S/C20H19N3O4/c1-3-27-20(26)15-9-21-19-17(15)18(22-11-23-19)14-6-4-5-13(7-14)8-16(25)12(2)10-24/h4-7,9,11,24H,2-3,8,10H2,1H3,(H,21,22,23). The Morgan fingerprint density at radius 2 is 2.11 bits per heavy atom. The van der Waals surface area contributed by atoms with E-state index < -0.39 is 5.97 Å². The molecular weight excluding hydrogens is 346 g/mol. The number of hydrogen-bond donors (Lipinski definition) is 2. The van der Waals surface area contributed by atoms with E-state index in [-0.39, 0.29) is 31.0 Å². The van der Waals surface area contributed by atoms with Gasteiger partial charge in [-0.2, -0.15) is 0 Å². The number of rotatable bonds is 7. The van der Waals surface area contributed by atoms with Gasteiger partial charge in [-0.25, -0.2) is 14.8 Å². The molecule has 0 aliphatic rings. The van der Waals surface area contributed by atoms with Crippen molar-refractivity contribution in [2.45, 2.75) is 13.3 Å². The number of esters is 1. The van der Waals surface area contributed by atoms with Gasteiger partial charge in [0, 0.05) is 23.8 Å². The second-order valence-electron chi connectivity index (χ2n) is 5.93. The van der Waals surface area contributed by atoms with Gasteiger partial charge in [0.25, 0.3) is 0 Å². The highest BCUT2D eigenvalue weighted by Crippen LogP contribution is 2.29. The molecule has 0 saturated carbocycles. The van der Waals surface area contributed by atoms with E-state index in [9.17, 15) is 9.59 Å². The highest BCUT2D eigenvalue weighted by atomic mass is 16.5. The van der Waals surface area contributed by atoms with Crippen LogP contribution in [0.15, 0.2) is 48.9 Å². The number of aromatic nitrogens is 3. The zero-order chi connectivity index (χ0) is 19.4. The highest BCUT2D eigenvalue weighted by molar-refractivity contribution is 6.08. The van der Waals surface area contributed by atoms with Crippen LogP contribution in [0.4, 0.5) is 0 Å². The second-order valence-corrected chi connectivity index (χ2v) is 5.93. The van der Waals surface area contributed by atoms with E-state index in [1.165, 1.54) is 6.33 Å². The molecule has 0 aliphatic heterocycles. The predicted molar refractivity (Wildman–Crippen MR) is 100 cm³/mol. The van der Waals surface area contributed by atoms with Crippen molar-refractivity contribution in [1.82, 2.24) is 15.0 Å². The number of hydrogen-bond acceptors (Lipinski definition) is 6. The SMILES string of the molecule is C=C(CO)C(=O)Cc1cccc(-c2ncnc3[nH]cc(C(=O)OCC)c23)c1. The van der Waals surface area contributed by atoms with Crippen LogP contribution in [-0.4, -0.2) is 45.0 Å². The van der Waals surface area contributed by atoms with Crippen LogP contribution in [0.5, 0.6) is 0 Å². The average Bonchev–Trinajstić information content (AvgIpc) is 3.12. The summed E-state index contributed by atoms with van der Waals surface area (Å²) in [6, 6.07) is 7.29. The number of aromatic amines is 1. The summed E-state index contributed by atoms with van der Waals surface area (Å²) in [6.45, 7) is 5.20. The minimum absolute atomic E-state index is 0.124. The summed E-state index contributed by atoms with van der Waals surface area (Å²) in [5.41, 5.74) is 3.12. The maximum Gasteiger partial charge on any atom is 0.340 e. The lowest BCUT2D eigenvalue weighted by Gasteiger charge is -2.08. The van der Waals surface area contributed by atoms with Gasteiger partial charge in [-0.05, 0) is 18.6 Å². The molecule has 0 atom stereocenters. The van der Waals surface area contributed by atoms with E-state index in [0.717, 1.165) is 11.1 Å². The average molecular weight is 365 g/mol. The van der Waals surface area contributed by atoms with E-state index in [1.807, 2.05) is 24.3 Å². The third kappa shape index (κ3) is 3.78. The van der Waals surface area contributed by atoms with Crippen molar-refractivity contribution in [3.8, 4) is 11.3 Å². The van der Waals surface area contributed by atoms with Crippen LogP contribution >= 0.6 is 0 Å². The molecule has 0 radical (unpaired) electrons. The highest BCUT2D eigenvalue weighted by Gasteiger charge is 2.19. The Kier molecular flexibility index (Phi) is 5.42. The number of fused-ring (bicyclic) bond motifs is 1. The van der Waals surface area contributed by atoms with Gasteiger partial charge in [-0.1, -0.05) is 24.8 Å². The van der Waals surface area contributed by atoms with Crippen molar-refractivity contribution in [1.29, 1.82) is 0 Å². The van der Waals surface area contributed by atoms with Crippen LogP contribution in [-0.2, 0) is 16.0 Å². The van der Waals surface area contributed by atoms with E-state index >= 15 is 0 Å². The zero-order valence-electron chi connectivity index (χ0n) is 14.9. The molecule has 2 N–H and O–H groups in total. The van der Waals surface area contributed by atoms with E-state index in [1.54, 1.807) is 13.1 Å². The molecular formula is C20H19N3O4. The van der Waals surface area contributed by atoms with Crippen molar-refractivity contribution in [2.24, 2.45) is 0 Å². The Morgan fingerprint density at radius 3 is 2.85 bits per heavy atom. The number of aliphatic hydroxyl groups excluding tert-OH is 1. The summed E-state index contributed by atoms with van der Waals surface area (Å²) in [5.74, 6) is -0.679. The van der Waals surface area contributed by atoms with Crippen LogP contribution in [0, 0.1) is 0 Å². The van der Waals surface area contributed by atoms with Crippen molar-refractivity contribution >= 4 is 22.8 Å². The Morgan fingerprint density at radius 1 is 1.30 bits per heavy atom.